The van der Waals surface area contributed by atoms with E-state index in [-0.39, 0.29) is 0 Å². The first kappa shape index (κ1) is 22.2. The molecule has 0 fully saturated rings. The predicted molar refractivity (Wildman–Crippen MR) is 162 cm³/mol. The maximum Gasteiger partial charge on any atom is 0.101 e. The van der Waals surface area contributed by atoms with Crippen molar-refractivity contribution in [3.63, 3.8) is 0 Å². The molecule has 0 amide bonds. The molecule has 0 aliphatic carbocycles. The fourth-order valence-corrected chi connectivity index (χ4v) is 6.17. The highest BCUT2D eigenvalue weighted by atomic mass is 15.0. The molecule has 0 spiro atoms. The largest absolute Gasteiger partial charge is 0.309 e. The number of hydrogen-bond donors (Lipinski definition) is 0. The van der Waals surface area contributed by atoms with Crippen molar-refractivity contribution in [2.75, 3.05) is 0 Å². The van der Waals surface area contributed by atoms with Crippen LogP contribution in [0.4, 0.5) is 0 Å². The second-order valence-corrected chi connectivity index (χ2v) is 10.1. The van der Waals surface area contributed by atoms with Crippen LogP contribution in [0.15, 0.2) is 121 Å². The fourth-order valence-electron chi connectivity index (χ4n) is 6.17. The Kier molecular flexibility index (Phi) is 4.62. The molecule has 0 atom stereocenters. The Hall–Kier alpha value is -5.84. The summed E-state index contributed by atoms with van der Waals surface area (Å²) in [6.07, 6.45) is 0. The molecular formula is C36H20N4. The molecule has 6 aromatic carbocycles. The molecule has 2 aromatic heterocycles. The summed E-state index contributed by atoms with van der Waals surface area (Å²) < 4.78 is 4.51. The summed E-state index contributed by atoms with van der Waals surface area (Å²) in [6, 6.07) is 46.3. The SMILES string of the molecule is N#Cc1ccc(-n2c3ccccc3c3cc4c(cc32)c2ccccc2n4-c2ccc3ccccc3c2)c(C#N)c1. The van der Waals surface area contributed by atoms with Crippen LogP contribution in [0.1, 0.15) is 11.1 Å². The van der Waals surface area contributed by atoms with Crippen molar-refractivity contribution in [1.82, 2.24) is 9.13 Å². The highest BCUT2D eigenvalue weighted by Crippen LogP contribution is 2.40. The molecule has 0 unspecified atom stereocenters. The lowest BCUT2D eigenvalue weighted by Gasteiger charge is -2.11. The van der Waals surface area contributed by atoms with Gasteiger partial charge in [0.1, 0.15) is 6.07 Å². The van der Waals surface area contributed by atoms with Crippen LogP contribution in [0.5, 0.6) is 0 Å². The monoisotopic (exact) mass is 508 g/mol. The van der Waals surface area contributed by atoms with E-state index in [2.05, 4.69) is 118 Å². The number of benzene rings is 6. The van der Waals surface area contributed by atoms with Crippen LogP contribution in [-0.2, 0) is 0 Å². The second kappa shape index (κ2) is 8.33. The first-order chi connectivity index (χ1) is 19.7. The van der Waals surface area contributed by atoms with Crippen LogP contribution in [0.3, 0.4) is 0 Å². The smallest absolute Gasteiger partial charge is 0.101 e. The van der Waals surface area contributed by atoms with E-state index in [1.807, 2.05) is 12.1 Å². The first-order valence-corrected chi connectivity index (χ1v) is 13.2. The second-order valence-electron chi connectivity index (χ2n) is 10.1. The Morgan fingerprint density at radius 1 is 0.450 bits per heavy atom. The molecule has 184 valence electrons. The molecule has 40 heavy (non-hydrogen) atoms. The van der Waals surface area contributed by atoms with Crippen LogP contribution in [-0.4, -0.2) is 9.13 Å². The lowest BCUT2D eigenvalue weighted by Crippen LogP contribution is -1.98. The molecule has 8 aromatic rings. The van der Waals surface area contributed by atoms with Crippen molar-refractivity contribution in [2.45, 2.75) is 0 Å². The molecule has 4 heteroatoms. The molecule has 2 heterocycles. The van der Waals surface area contributed by atoms with Crippen LogP contribution in [0.2, 0.25) is 0 Å². The van der Waals surface area contributed by atoms with Crippen molar-refractivity contribution >= 4 is 54.4 Å². The van der Waals surface area contributed by atoms with Gasteiger partial charge in [0.25, 0.3) is 0 Å². The van der Waals surface area contributed by atoms with E-state index >= 15 is 0 Å². The van der Waals surface area contributed by atoms with Gasteiger partial charge in [-0.15, -0.1) is 0 Å². The van der Waals surface area contributed by atoms with Gasteiger partial charge in [0, 0.05) is 27.2 Å². The Morgan fingerprint density at radius 3 is 1.77 bits per heavy atom. The fraction of sp³-hybridized carbons (Fsp3) is 0. The Balaban J connectivity index is 1.52. The van der Waals surface area contributed by atoms with Crippen molar-refractivity contribution in [1.29, 1.82) is 10.5 Å². The van der Waals surface area contributed by atoms with Crippen LogP contribution in [0, 0.1) is 22.7 Å². The van der Waals surface area contributed by atoms with Crippen LogP contribution in [0.25, 0.3) is 65.8 Å². The topological polar surface area (TPSA) is 57.4 Å². The quantitative estimate of drug-likeness (QED) is 0.234. The maximum atomic E-state index is 10.0. The molecule has 0 N–H and O–H groups in total. The minimum absolute atomic E-state index is 0.473. The Morgan fingerprint density at radius 2 is 1.07 bits per heavy atom. The van der Waals surface area contributed by atoms with Gasteiger partial charge in [0.05, 0.1) is 45.0 Å². The summed E-state index contributed by atoms with van der Waals surface area (Å²) in [4.78, 5) is 0. The summed E-state index contributed by atoms with van der Waals surface area (Å²) in [5.41, 5.74) is 7.16. The number of para-hydroxylation sites is 2. The summed E-state index contributed by atoms with van der Waals surface area (Å²) in [6.45, 7) is 0. The third-order valence-electron chi connectivity index (χ3n) is 7.94. The molecule has 0 saturated heterocycles. The zero-order valence-corrected chi connectivity index (χ0v) is 21.3. The van der Waals surface area contributed by atoms with Gasteiger partial charge in [-0.05, 0) is 65.4 Å². The van der Waals surface area contributed by atoms with Crippen LogP contribution < -0.4 is 0 Å². The molecule has 0 aliphatic rings. The summed E-state index contributed by atoms with van der Waals surface area (Å²) >= 11 is 0. The number of nitriles is 2. The Labute approximate surface area is 229 Å². The third kappa shape index (κ3) is 3.05. The van der Waals surface area contributed by atoms with E-state index in [1.165, 1.54) is 16.2 Å². The van der Waals surface area contributed by atoms with Gasteiger partial charge in [0.2, 0.25) is 0 Å². The number of aromatic nitrogens is 2. The van der Waals surface area contributed by atoms with E-state index < -0.39 is 0 Å². The van der Waals surface area contributed by atoms with Gasteiger partial charge in [-0.1, -0.05) is 66.7 Å². The van der Waals surface area contributed by atoms with Gasteiger partial charge in [0.15, 0.2) is 0 Å². The van der Waals surface area contributed by atoms with Gasteiger partial charge in [-0.25, -0.2) is 0 Å². The number of hydrogen-bond acceptors (Lipinski definition) is 2. The molecular weight excluding hydrogens is 488 g/mol. The minimum Gasteiger partial charge on any atom is -0.309 e. The molecule has 0 bridgehead atoms. The highest BCUT2D eigenvalue weighted by molar-refractivity contribution is 6.19. The lowest BCUT2D eigenvalue weighted by atomic mass is 10.1. The van der Waals surface area contributed by atoms with E-state index in [4.69, 9.17) is 0 Å². The highest BCUT2D eigenvalue weighted by Gasteiger charge is 2.19. The number of nitrogens with zero attached hydrogens (tertiary/aromatic N) is 4. The summed E-state index contributed by atoms with van der Waals surface area (Å²) in [5.74, 6) is 0. The van der Waals surface area contributed by atoms with Gasteiger partial charge in [-0.3, -0.25) is 0 Å². The van der Waals surface area contributed by atoms with E-state index in [0.29, 0.717) is 11.1 Å². The standard InChI is InChI=1S/C36H20N4/c37-21-23-13-16-32(26(17-23)22-38)40-34-12-6-4-10-29(34)31-19-35-30(20-36(31)40)28-9-3-5-11-33(28)39(35)27-15-14-24-7-1-2-8-25(24)18-27/h1-20H. The minimum atomic E-state index is 0.473. The molecule has 8 rings (SSSR count). The van der Waals surface area contributed by atoms with E-state index in [9.17, 15) is 10.5 Å². The maximum absolute atomic E-state index is 10.0. The summed E-state index contributed by atoms with van der Waals surface area (Å²) in [7, 11) is 0. The third-order valence-corrected chi connectivity index (χ3v) is 7.94. The van der Waals surface area contributed by atoms with Crippen molar-refractivity contribution in [3.05, 3.63) is 132 Å². The predicted octanol–water partition coefficient (Wildman–Crippen LogP) is 8.78. The van der Waals surface area contributed by atoms with Crippen molar-refractivity contribution in [2.24, 2.45) is 0 Å². The first-order valence-electron chi connectivity index (χ1n) is 13.2. The summed E-state index contributed by atoms with van der Waals surface area (Å²) in [5, 5.41) is 26.4. The van der Waals surface area contributed by atoms with E-state index in [1.54, 1.807) is 12.1 Å². The lowest BCUT2D eigenvalue weighted by molar-refractivity contribution is 1.16. The van der Waals surface area contributed by atoms with E-state index in [0.717, 1.165) is 49.6 Å². The van der Waals surface area contributed by atoms with Crippen LogP contribution >= 0.6 is 0 Å². The average Bonchev–Trinajstić information content (AvgIpc) is 3.51. The molecule has 0 radical (unpaired) electrons. The molecule has 4 nitrogen and oxygen atoms in total. The number of fused-ring (bicyclic) bond motifs is 7. The zero-order valence-electron chi connectivity index (χ0n) is 21.3. The normalized spacial score (nSPS) is 11.4. The van der Waals surface area contributed by atoms with Gasteiger partial charge < -0.3 is 9.13 Å². The average molecular weight is 509 g/mol. The van der Waals surface area contributed by atoms with Gasteiger partial charge in [-0.2, -0.15) is 10.5 Å². The number of rotatable bonds is 2. The molecule has 0 saturated carbocycles. The zero-order chi connectivity index (χ0) is 26.8. The Bertz CT molecular complexity index is 2410. The van der Waals surface area contributed by atoms with Crippen molar-refractivity contribution in [3.8, 4) is 23.5 Å². The molecule has 0 aliphatic heterocycles. The van der Waals surface area contributed by atoms with Crippen molar-refractivity contribution < 1.29 is 0 Å². The van der Waals surface area contributed by atoms with Gasteiger partial charge >= 0.3 is 0 Å².